The summed E-state index contributed by atoms with van der Waals surface area (Å²) in [5.74, 6) is -1.45. The van der Waals surface area contributed by atoms with Crippen LogP contribution in [-0.2, 0) is 14.8 Å². The molecule has 94 valence electrons. The number of nitrogens with zero attached hydrogens (tertiary/aromatic N) is 3. The third-order valence-corrected chi connectivity index (χ3v) is 4.28. The Morgan fingerprint density at radius 1 is 1.29 bits per heavy atom. The van der Waals surface area contributed by atoms with Crippen LogP contribution < -0.4 is 0 Å². The predicted octanol–water partition coefficient (Wildman–Crippen LogP) is -0.0813. The fourth-order valence-electron chi connectivity index (χ4n) is 1.07. The summed E-state index contributed by atoms with van der Waals surface area (Å²) >= 11 is 0. The van der Waals surface area contributed by atoms with Gasteiger partial charge in [-0.25, -0.2) is 8.42 Å². The second-order valence-electron chi connectivity index (χ2n) is 3.24. The zero-order valence-electron chi connectivity index (χ0n) is 9.33. The maximum absolute atomic E-state index is 11.8. The van der Waals surface area contributed by atoms with Crippen LogP contribution in [0, 0.1) is 22.7 Å². The molecule has 0 fully saturated rings. The Morgan fingerprint density at radius 2 is 1.71 bits per heavy atom. The van der Waals surface area contributed by atoms with Crippen LogP contribution in [0.2, 0.25) is 0 Å². The summed E-state index contributed by atoms with van der Waals surface area (Å²) in [5.41, 5.74) is 0. The molecule has 1 atom stereocenters. The Labute approximate surface area is 99.9 Å². The topological polar surface area (TPSA) is 122 Å². The third kappa shape index (κ3) is 4.39. The summed E-state index contributed by atoms with van der Waals surface area (Å²) in [6, 6.07) is 3.56. The van der Waals surface area contributed by atoms with Gasteiger partial charge in [-0.15, -0.1) is 0 Å². The molecule has 0 heterocycles. The van der Waals surface area contributed by atoms with Crippen molar-refractivity contribution in [2.24, 2.45) is 0 Å². The number of carboxylic acids is 1. The molecule has 1 N–H and O–H groups in total. The highest BCUT2D eigenvalue weighted by atomic mass is 32.2. The van der Waals surface area contributed by atoms with Gasteiger partial charge in [0.2, 0.25) is 10.0 Å². The van der Waals surface area contributed by atoms with Crippen LogP contribution in [0.1, 0.15) is 19.8 Å². The van der Waals surface area contributed by atoms with Gasteiger partial charge in [0.05, 0.1) is 12.1 Å². The Kier molecular flexibility index (Phi) is 6.18. The molecule has 8 heteroatoms. The second kappa shape index (κ2) is 6.84. The summed E-state index contributed by atoms with van der Waals surface area (Å²) in [5, 5.41) is 23.9. The van der Waals surface area contributed by atoms with Crippen LogP contribution in [0.5, 0.6) is 0 Å². The van der Waals surface area contributed by atoms with E-state index >= 15 is 0 Å². The van der Waals surface area contributed by atoms with Crippen molar-refractivity contribution in [2.75, 3.05) is 13.1 Å². The molecule has 0 radical (unpaired) electrons. The molecule has 0 aromatic carbocycles. The van der Waals surface area contributed by atoms with E-state index in [1.54, 1.807) is 12.1 Å². The number of hydrogen-bond acceptors (Lipinski definition) is 5. The molecule has 0 spiro atoms. The van der Waals surface area contributed by atoms with Gasteiger partial charge >= 0.3 is 5.97 Å². The van der Waals surface area contributed by atoms with E-state index in [1.807, 2.05) is 0 Å². The predicted molar refractivity (Wildman–Crippen MR) is 58.1 cm³/mol. The fraction of sp³-hybridized carbons (Fsp3) is 0.667. The van der Waals surface area contributed by atoms with Gasteiger partial charge in [0.15, 0.2) is 5.25 Å². The highest BCUT2D eigenvalue weighted by molar-refractivity contribution is 7.90. The molecule has 0 amide bonds. The first-order chi connectivity index (χ1) is 7.87. The number of hydrogen-bond donors (Lipinski definition) is 1. The Balaban J connectivity index is 4.96. The molecule has 0 aromatic heterocycles. The van der Waals surface area contributed by atoms with Crippen molar-refractivity contribution < 1.29 is 18.3 Å². The molecular weight excluding hydrogens is 246 g/mol. The van der Waals surface area contributed by atoms with Crippen molar-refractivity contribution in [2.45, 2.75) is 25.0 Å². The van der Waals surface area contributed by atoms with Crippen molar-refractivity contribution in [3.05, 3.63) is 0 Å². The molecular formula is C9H13N3O4S. The second-order valence-corrected chi connectivity index (χ2v) is 5.49. The molecule has 7 nitrogen and oxygen atoms in total. The number of carboxylic acid groups (broad SMARTS) is 1. The lowest BCUT2D eigenvalue weighted by Gasteiger charge is -2.22. The lowest BCUT2D eigenvalue weighted by atomic mass is 10.4. The minimum Gasteiger partial charge on any atom is -0.480 e. The van der Waals surface area contributed by atoms with Crippen LogP contribution in [-0.4, -0.2) is 42.1 Å². The zero-order chi connectivity index (χ0) is 13.5. The Morgan fingerprint density at radius 3 is 2.00 bits per heavy atom. The van der Waals surface area contributed by atoms with E-state index in [2.05, 4.69) is 0 Å². The van der Waals surface area contributed by atoms with Gasteiger partial charge in [0.25, 0.3) is 0 Å². The van der Waals surface area contributed by atoms with Crippen molar-refractivity contribution in [1.82, 2.24) is 4.31 Å². The van der Waals surface area contributed by atoms with Gasteiger partial charge in [-0.2, -0.15) is 14.8 Å². The lowest BCUT2D eigenvalue weighted by molar-refractivity contribution is -0.136. The van der Waals surface area contributed by atoms with Crippen LogP contribution in [0.25, 0.3) is 0 Å². The number of sulfonamides is 1. The van der Waals surface area contributed by atoms with Crippen molar-refractivity contribution in [3.8, 4) is 12.1 Å². The number of rotatable bonds is 7. The molecule has 17 heavy (non-hydrogen) atoms. The molecule has 0 aliphatic carbocycles. The summed E-state index contributed by atoms with van der Waals surface area (Å²) < 4.78 is 24.5. The standard InChI is InChI=1S/C9H13N3O4S/c1-8(9(13)14)17(15,16)12(6-2-4-10)7-3-5-11/h8H,2-3,6-7H2,1H3,(H,13,14). The monoisotopic (exact) mass is 259 g/mol. The first kappa shape index (κ1) is 15.4. The van der Waals surface area contributed by atoms with Crippen LogP contribution >= 0.6 is 0 Å². The molecule has 0 aliphatic heterocycles. The van der Waals surface area contributed by atoms with Gasteiger partial charge in [-0.1, -0.05) is 0 Å². The maximum Gasteiger partial charge on any atom is 0.323 e. The smallest absolute Gasteiger partial charge is 0.323 e. The zero-order valence-corrected chi connectivity index (χ0v) is 10.1. The number of nitriles is 2. The molecule has 0 saturated carbocycles. The minimum atomic E-state index is -4.01. The van der Waals surface area contributed by atoms with E-state index < -0.39 is 21.2 Å². The summed E-state index contributed by atoms with van der Waals surface area (Å²) in [4.78, 5) is 10.7. The van der Waals surface area contributed by atoms with Gasteiger partial charge in [0.1, 0.15) is 0 Å². The minimum absolute atomic E-state index is 0.0446. The molecule has 0 rings (SSSR count). The summed E-state index contributed by atoms with van der Waals surface area (Å²) in [6.07, 6.45) is -0.0893. The van der Waals surface area contributed by atoms with Gasteiger partial charge in [-0.3, -0.25) is 4.79 Å². The summed E-state index contributed by atoms with van der Waals surface area (Å²) in [7, 11) is -4.01. The quantitative estimate of drug-likeness (QED) is 0.682. The Hall–Kier alpha value is -1.64. The van der Waals surface area contributed by atoms with E-state index in [1.165, 1.54) is 0 Å². The average Bonchev–Trinajstić information content (AvgIpc) is 2.27. The highest BCUT2D eigenvalue weighted by Crippen LogP contribution is 2.10. The maximum atomic E-state index is 11.8. The molecule has 0 bridgehead atoms. The normalized spacial score (nSPS) is 12.7. The van der Waals surface area contributed by atoms with Crippen molar-refractivity contribution in [3.63, 3.8) is 0 Å². The largest absolute Gasteiger partial charge is 0.480 e. The third-order valence-electron chi connectivity index (χ3n) is 2.10. The van der Waals surface area contributed by atoms with Crippen LogP contribution in [0.4, 0.5) is 0 Å². The van der Waals surface area contributed by atoms with E-state index in [-0.39, 0.29) is 25.9 Å². The molecule has 0 saturated heterocycles. The molecule has 0 aromatic rings. The number of carbonyl (C=O) groups is 1. The number of aliphatic carboxylic acids is 1. The van der Waals surface area contributed by atoms with E-state index in [9.17, 15) is 13.2 Å². The first-order valence-corrected chi connectivity index (χ1v) is 6.34. The van der Waals surface area contributed by atoms with E-state index in [4.69, 9.17) is 15.6 Å². The fourth-order valence-corrected chi connectivity index (χ4v) is 2.46. The van der Waals surface area contributed by atoms with Crippen molar-refractivity contribution >= 4 is 16.0 Å². The van der Waals surface area contributed by atoms with Gasteiger partial charge in [-0.05, 0) is 6.92 Å². The molecule has 1 unspecified atom stereocenters. The van der Waals surface area contributed by atoms with Crippen LogP contribution in [0.15, 0.2) is 0 Å². The lowest BCUT2D eigenvalue weighted by Crippen LogP contribution is -2.42. The average molecular weight is 259 g/mol. The van der Waals surface area contributed by atoms with Gasteiger partial charge < -0.3 is 5.11 Å². The van der Waals surface area contributed by atoms with E-state index in [0.29, 0.717) is 0 Å². The van der Waals surface area contributed by atoms with Crippen molar-refractivity contribution in [1.29, 1.82) is 10.5 Å². The SMILES string of the molecule is CC(C(=O)O)S(=O)(=O)N(CCC#N)CCC#N. The summed E-state index contributed by atoms with van der Waals surface area (Å²) in [6.45, 7) is 0.861. The molecule has 0 aliphatic rings. The van der Waals surface area contributed by atoms with Gasteiger partial charge in [0, 0.05) is 25.9 Å². The Bertz CT molecular complexity index is 428. The highest BCUT2D eigenvalue weighted by Gasteiger charge is 2.33. The first-order valence-electron chi connectivity index (χ1n) is 4.83. The van der Waals surface area contributed by atoms with Crippen LogP contribution in [0.3, 0.4) is 0 Å². The van der Waals surface area contributed by atoms with E-state index in [0.717, 1.165) is 11.2 Å².